The van der Waals surface area contributed by atoms with E-state index in [2.05, 4.69) is 10.2 Å². The fraction of sp³-hybridized carbons (Fsp3) is 0.133. The highest BCUT2D eigenvalue weighted by atomic mass is 32.2. The van der Waals surface area contributed by atoms with Crippen LogP contribution in [-0.2, 0) is 14.1 Å². The SMILES string of the molecule is Cn1c(Sc2nnc3sc4ccccc4n23)c(C#N)c(=O)n(C)c1=O. The molecule has 0 radical (unpaired) electrons. The summed E-state index contributed by atoms with van der Waals surface area (Å²) in [5, 5.41) is 18.4. The monoisotopic (exact) mass is 370 g/mol. The highest BCUT2D eigenvalue weighted by molar-refractivity contribution is 7.99. The molecule has 10 heteroatoms. The Morgan fingerprint density at radius 1 is 1.16 bits per heavy atom. The molecular formula is C15H10N6O2S2. The molecule has 0 saturated heterocycles. The summed E-state index contributed by atoms with van der Waals surface area (Å²) >= 11 is 2.57. The van der Waals surface area contributed by atoms with Gasteiger partial charge in [0.1, 0.15) is 16.7 Å². The number of thiazole rings is 1. The molecule has 1 aromatic carbocycles. The van der Waals surface area contributed by atoms with Gasteiger partial charge < -0.3 is 0 Å². The number of aromatic nitrogens is 5. The van der Waals surface area contributed by atoms with Crippen molar-refractivity contribution in [2.75, 3.05) is 0 Å². The van der Waals surface area contributed by atoms with Crippen molar-refractivity contribution in [2.45, 2.75) is 10.2 Å². The number of nitriles is 1. The van der Waals surface area contributed by atoms with Gasteiger partial charge >= 0.3 is 5.69 Å². The largest absolute Gasteiger partial charge is 0.331 e. The molecule has 4 aromatic rings. The van der Waals surface area contributed by atoms with E-state index >= 15 is 0 Å². The first-order valence-corrected chi connectivity index (χ1v) is 8.77. The van der Waals surface area contributed by atoms with Crippen LogP contribution in [0.4, 0.5) is 0 Å². The van der Waals surface area contributed by atoms with Gasteiger partial charge in [-0.2, -0.15) is 5.26 Å². The van der Waals surface area contributed by atoms with E-state index in [1.807, 2.05) is 34.7 Å². The maximum atomic E-state index is 12.2. The summed E-state index contributed by atoms with van der Waals surface area (Å²) < 4.78 is 5.10. The van der Waals surface area contributed by atoms with Crippen LogP contribution in [0.2, 0.25) is 0 Å². The van der Waals surface area contributed by atoms with Crippen LogP contribution in [0.3, 0.4) is 0 Å². The number of fused-ring (bicyclic) bond motifs is 3. The molecule has 0 aliphatic rings. The van der Waals surface area contributed by atoms with E-state index in [0.29, 0.717) is 10.1 Å². The van der Waals surface area contributed by atoms with Crippen LogP contribution >= 0.6 is 23.1 Å². The van der Waals surface area contributed by atoms with Crippen LogP contribution in [0.15, 0.2) is 44.0 Å². The van der Waals surface area contributed by atoms with Gasteiger partial charge in [0.2, 0.25) is 10.1 Å². The Kier molecular flexibility index (Phi) is 3.48. The normalized spacial score (nSPS) is 11.2. The minimum Gasteiger partial charge on any atom is -0.289 e. The van der Waals surface area contributed by atoms with Gasteiger partial charge in [-0.1, -0.05) is 23.5 Å². The number of hydrogen-bond donors (Lipinski definition) is 0. The van der Waals surface area contributed by atoms with Gasteiger partial charge in [-0.3, -0.25) is 18.3 Å². The van der Waals surface area contributed by atoms with Crippen molar-refractivity contribution in [3.63, 3.8) is 0 Å². The fourth-order valence-electron chi connectivity index (χ4n) is 2.55. The molecule has 0 unspecified atom stereocenters. The quantitative estimate of drug-likeness (QED) is 0.494. The van der Waals surface area contributed by atoms with Crippen molar-refractivity contribution in [3.05, 3.63) is 50.7 Å². The van der Waals surface area contributed by atoms with Crippen LogP contribution in [0.5, 0.6) is 0 Å². The number of nitrogens with zero attached hydrogens (tertiary/aromatic N) is 6. The zero-order valence-electron chi connectivity index (χ0n) is 13.1. The third-order valence-electron chi connectivity index (χ3n) is 3.82. The molecule has 3 heterocycles. The number of para-hydroxylation sites is 1. The highest BCUT2D eigenvalue weighted by Gasteiger charge is 2.20. The van der Waals surface area contributed by atoms with Gasteiger partial charge in [-0.05, 0) is 23.9 Å². The Balaban J connectivity index is 1.98. The van der Waals surface area contributed by atoms with Crippen LogP contribution in [0.25, 0.3) is 15.2 Å². The third kappa shape index (κ3) is 2.20. The molecule has 0 bridgehead atoms. The molecule has 0 saturated carbocycles. The minimum atomic E-state index is -0.621. The van der Waals surface area contributed by atoms with Crippen molar-refractivity contribution in [2.24, 2.45) is 14.1 Å². The first kappa shape index (κ1) is 15.6. The standard InChI is InChI=1S/C15H10N6O2S2/c1-19-11(22)8(7-16)12(20(2)15(19)23)25-14-18-17-13-21(14)9-5-3-4-6-10(9)24-13/h3-6H,1-2H3. The molecule has 0 atom stereocenters. The molecule has 0 N–H and O–H groups in total. The molecule has 3 aromatic heterocycles. The molecule has 0 amide bonds. The van der Waals surface area contributed by atoms with Gasteiger partial charge in [0.05, 0.1) is 10.2 Å². The van der Waals surface area contributed by atoms with E-state index in [9.17, 15) is 14.9 Å². The molecule has 0 aliphatic heterocycles. The highest BCUT2D eigenvalue weighted by Crippen LogP contribution is 2.32. The average molecular weight is 370 g/mol. The van der Waals surface area contributed by atoms with Crippen LogP contribution in [0.1, 0.15) is 5.56 Å². The lowest BCUT2D eigenvalue weighted by atomic mass is 10.3. The van der Waals surface area contributed by atoms with Gasteiger partial charge in [-0.15, -0.1) is 10.2 Å². The van der Waals surface area contributed by atoms with Crippen LogP contribution in [0, 0.1) is 11.3 Å². The summed E-state index contributed by atoms with van der Waals surface area (Å²) in [6, 6.07) is 9.68. The number of benzene rings is 1. The van der Waals surface area contributed by atoms with Gasteiger partial charge in [0.15, 0.2) is 0 Å². The molecule has 4 rings (SSSR count). The lowest BCUT2D eigenvalue weighted by Crippen LogP contribution is -2.39. The predicted octanol–water partition coefficient (Wildman–Crippen LogP) is 1.36. The van der Waals surface area contributed by atoms with Crippen molar-refractivity contribution in [1.29, 1.82) is 5.26 Å². The number of hydrogen-bond acceptors (Lipinski definition) is 7. The van der Waals surface area contributed by atoms with E-state index in [1.54, 1.807) is 0 Å². The fourth-order valence-corrected chi connectivity index (χ4v) is 4.55. The second-order valence-electron chi connectivity index (χ2n) is 5.27. The van der Waals surface area contributed by atoms with Gasteiger partial charge in [-0.25, -0.2) is 4.79 Å². The Bertz CT molecular complexity index is 1300. The maximum absolute atomic E-state index is 12.2. The summed E-state index contributed by atoms with van der Waals surface area (Å²) in [6.07, 6.45) is 0. The molecule has 25 heavy (non-hydrogen) atoms. The summed E-state index contributed by atoms with van der Waals surface area (Å²) in [5.74, 6) is 0. The zero-order valence-corrected chi connectivity index (χ0v) is 14.8. The van der Waals surface area contributed by atoms with Gasteiger partial charge in [0, 0.05) is 14.1 Å². The summed E-state index contributed by atoms with van der Waals surface area (Å²) in [6.45, 7) is 0. The van der Waals surface area contributed by atoms with Crippen molar-refractivity contribution in [3.8, 4) is 6.07 Å². The summed E-state index contributed by atoms with van der Waals surface area (Å²) in [4.78, 5) is 25.1. The van der Waals surface area contributed by atoms with E-state index in [-0.39, 0.29) is 10.6 Å². The Hall–Kier alpha value is -2.90. The first-order valence-electron chi connectivity index (χ1n) is 7.13. The second-order valence-corrected chi connectivity index (χ2v) is 7.24. The summed E-state index contributed by atoms with van der Waals surface area (Å²) in [7, 11) is 2.87. The Labute approximate surface area is 148 Å². The first-order chi connectivity index (χ1) is 12.0. The van der Waals surface area contributed by atoms with E-state index in [0.717, 1.165) is 26.5 Å². The smallest absolute Gasteiger partial charge is 0.289 e. The maximum Gasteiger partial charge on any atom is 0.331 e. The van der Waals surface area contributed by atoms with E-state index in [4.69, 9.17) is 0 Å². The van der Waals surface area contributed by atoms with E-state index < -0.39 is 11.2 Å². The average Bonchev–Trinajstić information content (AvgIpc) is 3.17. The lowest BCUT2D eigenvalue weighted by Gasteiger charge is -2.09. The molecule has 124 valence electrons. The molecule has 8 nitrogen and oxygen atoms in total. The summed E-state index contributed by atoms with van der Waals surface area (Å²) in [5.41, 5.74) is -0.278. The predicted molar refractivity (Wildman–Crippen MR) is 94.1 cm³/mol. The second kappa shape index (κ2) is 5.58. The van der Waals surface area contributed by atoms with Gasteiger partial charge in [0.25, 0.3) is 5.56 Å². The topological polar surface area (TPSA) is 98.0 Å². The zero-order chi connectivity index (χ0) is 17.7. The van der Waals surface area contributed by atoms with Crippen LogP contribution < -0.4 is 11.2 Å². The van der Waals surface area contributed by atoms with E-state index in [1.165, 1.54) is 30.0 Å². The molecule has 0 fully saturated rings. The number of rotatable bonds is 2. The van der Waals surface area contributed by atoms with Crippen LogP contribution in [-0.4, -0.2) is 23.7 Å². The lowest BCUT2D eigenvalue weighted by molar-refractivity contribution is 0.630. The molecule has 0 aliphatic carbocycles. The van der Waals surface area contributed by atoms with Crippen molar-refractivity contribution < 1.29 is 0 Å². The Morgan fingerprint density at radius 3 is 2.68 bits per heavy atom. The minimum absolute atomic E-state index is 0.0918. The third-order valence-corrected chi connectivity index (χ3v) is 5.95. The molecule has 0 spiro atoms. The Morgan fingerprint density at radius 2 is 1.92 bits per heavy atom. The van der Waals surface area contributed by atoms with Crippen molar-refractivity contribution >= 4 is 38.3 Å². The molecular weight excluding hydrogens is 360 g/mol. The van der Waals surface area contributed by atoms with Crippen molar-refractivity contribution in [1.82, 2.24) is 23.7 Å².